The van der Waals surface area contributed by atoms with E-state index in [1.807, 2.05) is 13.8 Å². The van der Waals surface area contributed by atoms with E-state index < -0.39 is 10.6 Å². The Morgan fingerprint density at radius 1 is 1.38 bits per heavy atom. The Morgan fingerprint density at radius 2 is 2.12 bits per heavy atom. The van der Waals surface area contributed by atoms with E-state index in [2.05, 4.69) is 26.0 Å². The van der Waals surface area contributed by atoms with Gasteiger partial charge in [-0.25, -0.2) is 4.98 Å². The summed E-state index contributed by atoms with van der Waals surface area (Å²) in [4.78, 5) is 28.5. The highest BCUT2D eigenvalue weighted by Crippen LogP contribution is 2.38. The first-order valence-electron chi connectivity index (χ1n) is 9.39. The zero-order valence-electron chi connectivity index (χ0n) is 17.4. The van der Waals surface area contributed by atoms with Gasteiger partial charge in [0.2, 0.25) is 5.75 Å². The average molecular weight is 500 g/mol. The second-order valence-corrected chi connectivity index (χ2v) is 7.84. The van der Waals surface area contributed by atoms with Gasteiger partial charge in [0.25, 0.3) is 5.56 Å². The summed E-state index contributed by atoms with van der Waals surface area (Å²) in [5.74, 6) is 0.233. The molecule has 0 aliphatic rings. The fourth-order valence-electron chi connectivity index (χ4n) is 3.00. The molecule has 0 aliphatic carbocycles. The summed E-state index contributed by atoms with van der Waals surface area (Å²) in [6, 6.07) is 9.66. The predicted octanol–water partition coefficient (Wildman–Crippen LogP) is 3.98. The van der Waals surface area contributed by atoms with Crippen molar-refractivity contribution in [2.24, 2.45) is 5.10 Å². The van der Waals surface area contributed by atoms with E-state index in [9.17, 15) is 14.9 Å². The van der Waals surface area contributed by atoms with Gasteiger partial charge in [0, 0.05) is 22.0 Å². The number of nitro groups is 1. The summed E-state index contributed by atoms with van der Waals surface area (Å²) in [6.45, 7) is 3.39. The molecule has 0 amide bonds. The second kappa shape index (κ2) is 9.57. The number of nitriles is 1. The molecule has 0 spiro atoms. The van der Waals surface area contributed by atoms with Gasteiger partial charge in [-0.15, -0.1) is 0 Å². The molecule has 1 aromatic heterocycles. The Balaban J connectivity index is 2.16. The van der Waals surface area contributed by atoms with Gasteiger partial charge in [0.1, 0.15) is 11.9 Å². The smallest absolute Gasteiger partial charge is 0.315 e. The van der Waals surface area contributed by atoms with Crippen LogP contribution in [0.3, 0.4) is 0 Å². The molecule has 10 nitrogen and oxygen atoms in total. The van der Waals surface area contributed by atoms with Crippen molar-refractivity contribution in [2.45, 2.75) is 19.8 Å². The van der Waals surface area contributed by atoms with Gasteiger partial charge in [0.15, 0.2) is 12.4 Å². The molecular weight excluding hydrogens is 482 g/mol. The summed E-state index contributed by atoms with van der Waals surface area (Å²) in [5.41, 5.74) is 0.0863. The summed E-state index contributed by atoms with van der Waals surface area (Å²) >= 11 is 3.35. The quantitative estimate of drug-likeness (QED) is 0.272. The number of ether oxygens (including phenoxy) is 2. The Kier molecular flexibility index (Phi) is 6.85. The van der Waals surface area contributed by atoms with Crippen molar-refractivity contribution < 1.29 is 14.4 Å². The van der Waals surface area contributed by atoms with Crippen molar-refractivity contribution in [3.63, 3.8) is 0 Å². The molecule has 0 aliphatic heterocycles. The molecule has 0 saturated heterocycles. The monoisotopic (exact) mass is 499 g/mol. The van der Waals surface area contributed by atoms with Crippen molar-refractivity contribution >= 4 is 38.7 Å². The molecule has 164 valence electrons. The Hall–Kier alpha value is -3.78. The first-order valence-corrected chi connectivity index (χ1v) is 10.2. The maximum atomic E-state index is 13.1. The van der Waals surface area contributed by atoms with Gasteiger partial charge in [0.05, 0.1) is 29.2 Å². The van der Waals surface area contributed by atoms with Crippen LogP contribution in [-0.2, 0) is 0 Å². The number of hydrogen-bond acceptors (Lipinski definition) is 8. The molecular formula is C21H18BrN5O5. The number of methoxy groups -OCH3 is 1. The lowest BCUT2D eigenvalue weighted by molar-refractivity contribution is -0.385. The van der Waals surface area contributed by atoms with Crippen LogP contribution in [0.15, 0.2) is 44.7 Å². The molecule has 2 aromatic carbocycles. The van der Waals surface area contributed by atoms with E-state index in [4.69, 9.17) is 14.7 Å². The fraction of sp³-hybridized carbons (Fsp3) is 0.238. The summed E-state index contributed by atoms with van der Waals surface area (Å²) in [5, 5.41) is 24.9. The van der Waals surface area contributed by atoms with Crippen LogP contribution < -0.4 is 15.0 Å². The van der Waals surface area contributed by atoms with Crippen molar-refractivity contribution in [1.82, 2.24) is 9.66 Å². The maximum absolute atomic E-state index is 13.1. The van der Waals surface area contributed by atoms with E-state index in [0.717, 1.165) is 4.47 Å². The Labute approximate surface area is 191 Å². The van der Waals surface area contributed by atoms with Crippen LogP contribution in [0.25, 0.3) is 10.9 Å². The molecule has 3 aromatic rings. The number of halogens is 1. The SMILES string of the molecule is COc1cc(C=Nn2c(C(C)C)nc3ccc(Br)cc3c2=O)cc([N+](=O)[O-])c1OCC#N. The van der Waals surface area contributed by atoms with Crippen LogP contribution in [0.4, 0.5) is 5.69 Å². The third kappa shape index (κ3) is 4.60. The minimum absolute atomic E-state index is 0.0629. The number of nitrogens with zero attached hydrogens (tertiary/aromatic N) is 5. The molecule has 11 heteroatoms. The third-order valence-corrected chi connectivity index (χ3v) is 4.92. The molecule has 0 radical (unpaired) electrons. The van der Waals surface area contributed by atoms with E-state index in [0.29, 0.717) is 22.3 Å². The predicted molar refractivity (Wildman–Crippen MR) is 122 cm³/mol. The second-order valence-electron chi connectivity index (χ2n) is 6.92. The molecule has 1 heterocycles. The number of hydrogen-bond donors (Lipinski definition) is 0. The normalized spacial score (nSPS) is 11.1. The molecule has 0 N–H and O–H groups in total. The highest BCUT2D eigenvalue weighted by atomic mass is 79.9. The van der Waals surface area contributed by atoms with Crippen LogP contribution >= 0.6 is 15.9 Å². The zero-order valence-corrected chi connectivity index (χ0v) is 19.0. The minimum Gasteiger partial charge on any atom is -0.493 e. The molecule has 32 heavy (non-hydrogen) atoms. The van der Waals surface area contributed by atoms with E-state index in [1.54, 1.807) is 24.3 Å². The van der Waals surface area contributed by atoms with E-state index >= 15 is 0 Å². The molecule has 0 unspecified atom stereocenters. The Morgan fingerprint density at radius 3 is 2.75 bits per heavy atom. The van der Waals surface area contributed by atoms with Crippen molar-refractivity contribution in [1.29, 1.82) is 5.26 Å². The summed E-state index contributed by atoms with van der Waals surface area (Å²) in [6.07, 6.45) is 1.31. The molecule has 0 bridgehead atoms. The van der Waals surface area contributed by atoms with Crippen molar-refractivity contribution in [3.8, 4) is 17.6 Å². The van der Waals surface area contributed by atoms with Crippen LogP contribution in [-0.4, -0.2) is 34.5 Å². The number of aromatic nitrogens is 2. The zero-order chi connectivity index (χ0) is 23.4. The summed E-state index contributed by atoms with van der Waals surface area (Å²) < 4.78 is 12.3. The molecule has 0 saturated carbocycles. The first-order chi connectivity index (χ1) is 15.3. The number of nitro benzene ring substituents is 1. The number of benzene rings is 2. The Bertz CT molecular complexity index is 1330. The van der Waals surface area contributed by atoms with Gasteiger partial charge < -0.3 is 9.47 Å². The van der Waals surface area contributed by atoms with Crippen LogP contribution in [0, 0.1) is 21.4 Å². The van der Waals surface area contributed by atoms with Gasteiger partial charge in [-0.05, 0) is 24.3 Å². The third-order valence-electron chi connectivity index (χ3n) is 4.43. The number of fused-ring (bicyclic) bond motifs is 1. The van der Waals surface area contributed by atoms with Gasteiger partial charge in [-0.1, -0.05) is 29.8 Å². The van der Waals surface area contributed by atoms with Gasteiger partial charge in [-0.2, -0.15) is 15.0 Å². The van der Waals surface area contributed by atoms with Crippen LogP contribution in [0.1, 0.15) is 31.2 Å². The molecule has 3 rings (SSSR count). The fourth-order valence-corrected chi connectivity index (χ4v) is 3.36. The lowest BCUT2D eigenvalue weighted by Gasteiger charge is -2.12. The van der Waals surface area contributed by atoms with E-state index in [-0.39, 0.29) is 29.6 Å². The lowest BCUT2D eigenvalue weighted by atomic mass is 10.1. The van der Waals surface area contributed by atoms with Gasteiger partial charge >= 0.3 is 5.69 Å². The maximum Gasteiger partial charge on any atom is 0.315 e. The van der Waals surface area contributed by atoms with E-state index in [1.165, 1.54) is 30.1 Å². The van der Waals surface area contributed by atoms with Crippen molar-refractivity contribution in [3.05, 3.63) is 66.7 Å². The molecule has 0 atom stereocenters. The minimum atomic E-state index is -0.645. The number of rotatable bonds is 7. The largest absolute Gasteiger partial charge is 0.493 e. The highest BCUT2D eigenvalue weighted by Gasteiger charge is 2.22. The van der Waals surface area contributed by atoms with Crippen LogP contribution in [0.5, 0.6) is 11.5 Å². The lowest BCUT2D eigenvalue weighted by Crippen LogP contribution is -2.23. The van der Waals surface area contributed by atoms with Gasteiger partial charge in [-0.3, -0.25) is 14.9 Å². The molecule has 0 fully saturated rings. The van der Waals surface area contributed by atoms with Crippen LogP contribution in [0.2, 0.25) is 0 Å². The standard InChI is InChI=1S/C21H18BrN5O5/c1-12(2)20-25-16-5-4-14(22)10-15(16)21(28)26(20)24-11-13-8-17(27(29)30)19(32-7-6-23)18(9-13)31-3/h4-5,8-12H,7H2,1-3H3. The topological polar surface area (TPSA) is 133 Å². The average Bonchev–Trinajstić information content (AvgIpc) is 2.76. The first kappa shape index (κ1) is 22.9. The van der Waals surface area contributed by atoms with Crippen molar-refractivity contribution in [2.75, 3.05) is 13.7 Å². The highest BCUT2D eigenvalue weighted by molar-refractivity contribution is 9.10. The summed E-state index contributed by atoms with van der Waals surface area (Å²) in [7, 11) is 1.33.